The smallest absolute Gasteiger partial charge is 0.321 e. The van der Waals surface area contributed by atoms with Crippen LogP contribution in [0.1, 0.15) is 28.1 Å². The summed E-state index contributed by atoms with van der Waals surface area (Å²) in [6, 6.07) is 19.1. The summed E-state index contributed by atoms with van der Waals surface area (Å²) < 4.78 is 11.9. The summed E-state index contributed by atoms with van der Waals surface area (Å²) in [5, 5.41) is 9.80. The van der Waals surface area contributed by atoms with Crippen molar-refractivity contribution in [3.05, 3.63) is 101 Å². The molecule has 0 saturated carbocycles. The van der Waals surface area contributed by atoms with Crippen LogP contribution in [0, 0.1) is 6.92 Å². The Morgan fingerprint density at radius 2 is 1.91 bits per heavy atom. The summed E-state index contributed by atoms with van der Waals surface area (Å²) in [6.45, 7) is 3.50. The Labute approximate surface area is 204 Å². The number of pyridine rings is 1. The first-order chi connectivity index (χ1) is 17.1. The van der Waals surface area contributed by atoms with Gasteiger partial charge in [-0.05, 0) is 66.4 Å². The van der Waals surface area contributed by atoms with Gasteiger partial charge < -0.3 is 14.3 Å². The maximum absolute atomic E-state index is 11.9. The minimum absolute atomic E-state index is 0.469. The zero-order valence-electron chi connectivity index (χ0n) is 19.6. The van der Waals surface area contributed by atoms with Gasteiger partial charge in [0.15, 0.2) is 0 Å². The Hall–Kier alpha value is -3.97. The fourth-order valence-electron chi connectivity index (χ4n) is 4.47. The number of oxazole rings is 1. The number of benzene rings is 2. The van der Waals surface area contributed by atoms with Crippen molar-refractivity contribution in [3.8, 4) is 17.2 Å². The predicted molar refractivity (Wildman–Crippen MR) is 131 cm³/mol. The molecule has 1 atom stereocenters. The number of hydrogen-bond acceptors (Lipinski definition) is 6. The van der Waals surface area contributed by atoms with E-state index < -0.39 is 12.0 Å². The zero-order chi connectivity index (χ0) is 24.2. The number of carboxylic acids is 1. The van der Waals surface area contributed by atoms with E-state index >= 15 is 0 Å². The Morgan fingerprint density at radius 3 is 2.69 bits per heavy atom. The highest BCUT2D eigenvalue weighted by molar-refractivity contribution is 5.74. The molecule has 0 radical (unpaired) electrons. The molecule has 0 amide bonds. The first-order valence-electron chi connectivity index (χ1n) is 11.7. The molecule has 35 heavy (non-hydrogen) atoms. The van der Waals surface area contributed by atoms with Crippen molar-refractivity contribution >= 4 is 5.97 Å². The molecule has 7 heteroatoms. The highest BCUT2D eigenvalue weighted by atomic mass is 16.5. The maximum atomic E-state index is 11.9. The van der Waals surface area contributed by atoms with Crippen molar-refractivity contribution in [2.24, 2.45) is 0 Å². The van der Waals surface area contributed by atoms with Crippen LogP contribution >= 0.6 is 0 Å². The third-order valence-electron chi connectivity index (χ3n) is 6.35. The summed E-state index contributed by atoms with van der Waals surface area (Å²) in [4.78, 5) is 22.6. The van der Waals surface area contributed by atoms with Crippen LogP contribution in [0.2, 0.25) is 0 Å². The highest BCUT2D eigenvalue weighted by Crippen LogP contribution is 2.29. The van der Waals surface area contributed by atoms with E-state index in [4.69, 9.17) is 9.15 Å². The molecule has 2 aromatic heterocycles. The van der Waals surface area contributed by atoms with Crippen molar-refractivity contribution < 1.29 is 19.1 Å². The van der Waals surface area contributed by atoms with Crippen LogP contribution in [0.5, 0.6) is 5.75 Å². The second-order valence-electron chi connectivity index (χ2n) is 8.74. The number of nitrogens with zero attached hydrogens (tertiary/aromatic N) is 3. The number of ether oxygens (including phenoxy) is 1. The molecule has 0 aliphatic carbocycles. The van der Waals surface area contributed by atoms with Crippen molar-refractivity contribution in [1.82, 2.24) is 14.9 Å². The van der Waals surface area contributed by atoms with Gasteiger partial charge in [-0.2, -0.15) is 0 Å². The fourth-order valence-corrected chi connectivity index (χ4v) is 4.47. The zero-order valence-corrected chi connectivity index (χ0v) is 19.6. The van der Waals surface area contributed by atoms with Gasteiger partial charge in [-0.3, -0.25) is 14.7 Å². The van der Waals surface area contributed by atoms with Gasteiger partial charge in [-0.1, -0.05) is 24.3 Å². The molecule has 178 valence electrons. The number of hydrogen-bond donors (Lipinski definition) is 1. The van der Waals surface area contributed by atoms with Gasteiger partial charge in [-0.15, -0.1) is 0 Å². The lowest BCUT2D eigenvalue weighted by molar-refractivity contribution is -0.144. The first kappa shape index (κ1) is 22.8. The molecule has 3 heterocycles. The van der Waals surface area contributed by atoms with E-state index in [9.17, 15) is 9.90 Å². The van der Waals surface area contributed by atoms with Gasteiger partial charge in [0.2, 0.25) is 5.89 Å². The average molecular weight is 470 g/mol. The molecule has 5 rings (SSSR count). The summed E-state index contributed by atoms with van der Waals surface area (Å²) in [7, 11) is 0. The third kappa shape index (κ3) is 5.25. The first-order valence-corrected chi connectivity index (χ1v) is 11.7. The quantitative estimate of drug-likeness (QED) is 0.401. The van der Waals surface area contributed by atoms with Crippen LogP contribution in [0.4, 0.5) is 0 Å². The molecule has 0 fully saturated rings. The highest BCUT2D eigenvalue weighted by Gasteiger charge is 2.31. The van der Waals surface area contributed by atoms with Crippen LogP contribution in [-0.2, 0) is 30.7 Å². The Morgan fingerprint density at radius 1 is 1.11 bits per heavy atom. The Balaban J connectivity index is 1.25. The lowest BCUT2D eigenvalue weighted by Crippen LogP contribution is -2.45. The largest absolute Gasteiger partial charge is 0.493 e. The molecule has 0 unspecified atom stereocenters. The van der Waals surface area contributed by atoms with Crippen molar-refractivity contribution in [1.29, 1.82) is 0 Å². The van der Waals surface area contributed by atoms with E-state index in [1.807, 2.05) is 72.5 Å². The summed E-state index contributed by atoms with van der Waals surface area (Å²) in [5.41, 5.74) is 5.02. The SMILES string of the molecule is Cc1oc(-c2ccccc2)nc1CCOc1ccc2c(c1)CN(Cc1ccncc1)[C@H](C(=O)O)C2. The molecular weight excluding hydrogens is 442 g/mol. The van der Waals surface area contributed by atoms with E-state index in [0.717, 1.165) is 39.5 Å². The van der Waals surface area contributed by atoms with Gasteiger partial charge in [-0.25, -0.2) is 4.98 Å². The van der Waals surface area contributed by atoms with Crippen LogP contribution in [0.25, 0.3) is 11.5 Å². The van der Waals surface area contributed by atoms with Crippen LogP contribution in [0.15, 0.2) is 77.5 Å². The molecule has 1 N–H and O–H groups in total. The van der Waals surface area contributed by atoms with E-state index in [1.54, 1.807) is 12.4 Å². The van der Waals surface area contributed by atoms with Crippen molar-refractivity contribution in [2.75, 3.05) is 6.61 Å². The topological polar surface area (TPSA) is 88.7 Å². The Kier molecular flexibility index (Phi) is 6.59. The van der Waals surface area contributed by atoms with Crippen LogP contribution < -0.4 is 4.74 Å². The normalized spacial score (nSPS) is 15.5. The van der Waals surface area contributed by atoms with Crippen LogP contribution in [0.3, 0.4) is 0 Å². The monoisotopic (exact) mass is 469 g/mol. The fraction of sp³-hybridized carbons (Fsp3) is 0.250. The summed E-state index contributed by atoms with van der Waals surface area (Å²) in [6.07, 6.45) is 4.56. The maximum Gasteiger partial charge on any atom is 0.321 e. The third-order valence-corrected chi connectivity index (χ3v) is 6.35. The van der Waals surface area contributed by atoms with E-state index in [0.29, 0.717) is 38.4 Å². The molecule has 0 saturated heterocycles. The lowest BCUT2D eigenvalue weighted by Gasteiger charge is -2.34. The minimum Gasteiger partial charge on any atom is -0.493 e. The van der Waals surface area contributed by atoms with Gasteiger partial charge in [0.25, 0.3) is 0 Å². The number of fused-ring (bicyclic) bond motifs is 1. The van der Waals surface area contributed by atoms with Crippen molar-refractivity contribution in [3.63, 3.8) is 0 Å². The molecule has 7 nitrogen and oxygen atoms in total. The molecule has 4 aromatic rings. The Bertz CT molecular complexity index is 1300. The predicted octanol–water partition coefficient (Wildman–Crippen LogP) is 4.68. The molecule has 1 aliphatic heterocycles. The number of aromatic nitrogens is 2. The second kappa shape index (κ2) is 10.1. The summed E-state index contributed by atoms with van der Waals surface area (Å²) >= 11 is 0. The van der Waals surface area contributed by atoms with Crippen LogP contribution in [-0.4, -0.2) is 38.6 Å². The average Bonchev–Trinajstić information content (AvgIpc) is 3.25. The second-order valence-corrected chi connectivity index (χ2v) is 8.74. The number of carboxylic acid groups (broad SMARTS) is 1. The van der Waals surface area contributed by atoms with Gasteiger partial charge >= 0.3 is 5.97 Å². The summed E-state index contributed by atoms with van der Waals surface area (Å²) in [5.74, 6) is 1.38. The van der Waals surface area contributed by atoms with Crippen molar-refractivity contribution in [2.45, 2.75) is 38.9 Å². The number of aliphatic carboxylic acids is 1. The van der Waals surface area contributed by atoms with Gasteiger partial charge in [0.05, 0.1) is 12.3 Å². The molecule has 1 aliphatic rings. The van der Waals surface area contributed by atoms with E-state index in [1.165, 1.54) is 0 Å². The number of carbonyl (C=O) groups is 1. The number of aryl methyl sites for hydroxylation is 1. The molecule has 2 aromatic carbocycles. The van der Waals surface area contributed by atoms with Gasteiger partial charge in [0.1, 0.15) is 17.6 Å². The molecular formula is C28H27N3O4. The molecule has 0 bridgehead atoms. The molecule has 0 spiro atoms. The lowest BCUT2D eigenvalue weighted by atomic mass is 9.93. The van der Waals surface area contributed by atoms with Gasteiger partial charge in [0, 0.05) is 37.5 Å². The van der Waals surface area contributed by atoms with E-state index in [-0.39, 0.29) is 0 Å². The number of rotatable bonds is 8. The minimum atomic E-state index is -0.803. The van der Waals surface area contributed by atoms with E-state index in [2.05, 4.69) is 9.97 Å². The standard InChI is InChI=1S/C28H27N3O4/c1-19-25(30-27(35-19)21-5-3-2-4-6-21)11-14-34-24-8-7-22-16-26(28(32)33)31(18-23(22)15-24)17-20-9-12-29-13-10-20/h2-10,12-13,15,26H,11,14,16-18H2,1H3,(H,32,33)/t26-/m0/s1.